The first kappa shape index (κ1) is 15.6. The number of hydrogen-bond donors (Lipinski definition) is 0. The molecule has 0 unspecified atom stereocenters. The van der Waals surface area contributed by atoms with E-state index < -0.39 is 0 Å². The van der Waals surface area contributed by atoms with E-state index >= 15 is 0 Å². The van der Waals surface area contributed by atoms with Crippen LogP contribution in [-0.2, 0) is 19.3 Å². The number of aryl methyl sites for hydroxylation is 2. The van der Waals surface area contributed by atoms with Gasteiger partial charge in [-0.15, -0.1) is 0 Å². The molecule has 0 N–H and O–H groups in total. The summed E-state index contributed by atoms with van der Waals surface area (Å²) in [5.41, 5.74) is 5.62. The Balaban J connectivity index is 1.66. The average Bonchev–Trinajstić information content (AvgIpc) is 3.05. The maximum atomic E-state index is 11.4. The Kier molecular flexibility index (Phi) is 4.10. The molecule has 0 atom stereocenters. The molecule has 0 bridgehead atoms. The van der Waals surface area contributed by atoms with Gasteiger partial charge < -0.3 is 9.42 Å². The number of anilines is 2. The van der Waals surface area contributed by atoms with Crippen molar-refractivity contribution in [1.29, 1.82) is 0 Å². The van der Waals surface area contributed by atoms with Crippen LogP contribution in [0.3, 0.4) is 0 Å². The van der Waals surface area contributed by atoms with E-state index in [0.717, 1.165) is 25.1 Å². The number of fused-ring (bicyclic) bond motifs is 2. The van der Waals surface area contributed by atoms with Crippen LogP contribution in [0.2, 0.25) is 0 Å². The van der Waals surface area contributed by atoms with Crippen molar-refractivity contribution >= 4 is 17.2 Å². The molecule has 4 rings (SSSR count). The maximum Gasteiger partial charge on any atom is 0.181 e. The normalized spacial score (nSPS) is 13.1. The Morgan fingerprint density at radius 2 is 1.64 bits per heavy atom. The molecule has 0 radical (unpaired) electrons. The number of carbonyl (C=O) groups is 1. The first-order valence-corrected chi connectivity index (χ1v) is 8.62. The minimum Gasteiger partial charge on any atom is -0.361 e. The van der Waals surface area contributed by atoms with Gasteiger partial charge in [-0.25, -0.2) is 0 Å². The van der Waals surface area contributed by atoms with Gasteiger partial charge in [-0.05, 0) is 36.1 Å². The highest BCUT2D eigenvalue weighted by atomic mass is 16.5. The van der Waals surface area contributed by atoms with Crippen LogP contribution in [0.4, 0.5) is 11.4 Å². The Morgan fingerprint density at radius 1 is 1.04 bits per heavy atom. The van der Waals surface area contributed by atoms with Gasteiger partial charge in [-0.3, -0.25) is 4.79 Å². The van der Waals surface area contributed by atoms with Crippen LogP contribution < -0.4 is 4.90 Å². The minimum absolute atomic E-state index is 0.0690. The fraction of sp³-hybridized carbons (Fsp3) is 0.238. The van der Waals surface area contributed by atoms with Gasteiger partial charge in [0.25, 0.3) is 0 Å². The highest BCUT2D eigenvalue weighted by molar-refractivity contribution is 5.91. The Bertz CT molecular complexity index is 866. The number of carbonyl (C=O) groups excluding carboxylic acids is 1. The van der Waals surface area contributed by atoms with Crippen molar-refractivity contribution in [1.82, 2.24) is 5.16 Å². The summed E-state index contributed by atoms with van der Waals surface area (Å²) in [6.07, 6.45) is 2.78. The molecule has 4 heteroatoms. The second-order valence-electron chi connectivity index (χ2n) is 6.39. The fourth-order valence-corrected chi connectivity index (χ4v) is 3.43. The molecule has 126 valence electrons. The van der Waals surface area contributed by atoms with Crippen molar-refractivity contribution in [2.75, 3.05) is 11.4 Å². The molecular weight excluding hydrogens is 312 g/mol. The van der Waals surface area contributed by atoms with E-state index in [1.54, 1.807) is 6.07 Å². The summed E-state index contributed by atoms with van der Waals surface area (Å²) in [6.45, 7) is 2.28. The zero-order chi connectivity index (χ0) is 17.2. The van der Waals surface area contributed by atoms with Crippen LogP contribution in [0.15, 0.2) is 59.1 Å². The van der Waals surface area contributed by atoms with Crippen LogP contribution in [0.1, 0.15) is 34.3 Å². The van der Waals surface area contributed by atoms with Gasteiger partial charge in [0.2, 0.25) is 0 Å². The highest BCUT2D eigenvalue weighted by Gasteiger charge is 2.20. The van der Waals surface area contributed by atoms with E-state index in [0.29, 0.717) is 12.1 Å². The molecule has 0 aliphatic carbocycles. The minimum atomic E-state index is -0.0690. The van der Waals surface area contributed by atoms with E-state index in [2.05, 4.69) is 58.6 Å². The fourth-order valence-electron chi connectivity index (χ4n) is 3.43. The van der Waals surface area contributed by atoms with Crippen molar-refractivity contribution < 1.29 is 9.32 Å². The number of hydrogen-bond acceptors (Lipinski definition) is 4. The molecule has 1 aromatic heterocycles. The van der Waals surface area contributed by atoms with E-state index in [1.807, 2.05) is 0 Å². The number of nitrogens with zero attached hydrogens (tertiary/aromatic N) is 2. The summed E-state index contributed by atoms with van der Waals surface area (Å²) >= 11 is 0. The smallest absolute Gasteiger partial charge is 0.181 e. The quantitative estimate of drug-likeness (QED) is 0.666. The standard InChI is InChI=1S/C21H20N2O2/c1-15(24)19-14-18(25-22-19)12-13-23-20-8-4-2-6-16(20)10-11-17-7-3-5-9-21(17)23/h2-9,14H,10-13H2,1H3. The average molecular weight is 332 g/mol. The number of benzene rings is 2. The molecule has 0 amide bonds. The molecule has 2 heterocycles. The number of para-hydroxylation sites is 2. The summed E-state index contributed by atoms with van der Waals surface area (Å²) < 4.78 is 5.33. The van der Waals surface area contributed by atoms with Gasteiger partial charge in [0, 0.05) is 37.3 Å². The number of aromatic nitrogens is 1. The predicted octanol–water partition coefficient (Wildman–Crippen LogP) is 4.36. The lowest BCUT2D eigenvalue weighted by molar-refractivity contribution is 0.100. The molecule has 1 aliphatic heterocycles. The molecule has 0 saturated carbocycles. The largest absolute Gasteiger partial charge is 0.361 e. The van der Waals surface area contributed by atoms with E-state index in [4.69, 9.17) is 4.52 Å². The van der Waals surface area contributed by atoms with Crippen molar-refractivity contribution in [3.63, 3.8) is 0 Å². The monoisotopic (exact) mass is 332 g/mol. The zero-order valence-electron chi connectivity index (χ0n) is 14.2. The second-order valence-corrected chi connectivity index (χ2v) is 6.39. The van der Waals surface area contributed by atoms with Gasteiger partial charge >= 0.3 is 0 Å². The second kappa shape index (κ2) is 6.55. The van der Waals surface area contributed by atoms with E-state index in [9.17, 15) is 4.79 Å². The van der Waals surface area contributed by atoms with Crippen LogP contribution in [-0.4, -0.2) is 17.5 Å². The van der Waals surface area contributed by atoms with Gasteiger partial charge in [0.1, 0.15) is 11.5 Å². The van der Waals surface area contributed by atoms with E-state index in [-0.39, 0.29) is 5.78 Å². The van der Waals surface area contributed by atoms with E-state index in [1.165, 1.54) is 29.4 Å². The molecule has 3 aromatic rings. The lowest BCUT2D eigenvalue weighted by Crippen LogP contribution is -2.21. The van der Waals surface area contributed by atoms with Crippen molar-refractivity contribution in [2.45, 2.75) is 26.2 Å². The lowest BCUT2D eigenvalue weighted by atomic mass is 10.0. The molecule has 0 fully saturated rings. The Labute approximate surface area is 147 Å². The van der Waals surface area contributed by atoms with Crippen LogP contribution in [0, 0.1) is 0 Å². The first-order valence-electron chi connectivity index (χ1n) is 8.62. The van der Waals surface area contributed by atoms with Gasteiger partial charge in [0.15, 0.2) is 5.78 Å². The number of Topliss-reactive ketones (excluding diaryl/α,β-unsaturated/α-hetero) is 1. The molecular formula is C21H20N2O2. The molecule has 25 heavy (non-hydrogen) atoms. The summed E-state index contributed by atoms with van der Waals surface area (Å²) in [5.74, 6) is 0.671. The molecule has 2 aromatic carbocycles. The van der Waals surface area contributed by atoms with Gasteiger partial charge in [0.05, 0.1) is 0 Å². The van der Waals surface area contributed by atoms with Crippen molar-refractivity contribution in [3.05, 3.63) is 77.2 Å². The topological polar surface area (TPSA) is 46.3 Å². The molecule has 4 nitrogen and oxygen atoms in total. The van der Waals surface area contributed by atoms with Crippen molar-refractivity contribution in [2.24, 2.45) is 0 Å². The lowest BCUT2D eigenvalue weighted by Gasteiger charge is -2.26. The Morgan fingerprint density at radius 3 is 2.20 bits per heavy atom. The molecule has 0 saturated heterocycles. The van der Waals surface area contributed by atoms with Gasteiger partial charge in [-0.2, -0.15) is 0 Å². The third-order valence-corrected chi connectivity index (χ3v) is 4.73. The predicted molar refractivity (Wildman–Crippen MR) is 97.5 cm³/mol. The van der Waals surface area contributed by atoms with Gasteiger partial charge in [-0.1, -0.05) is 41.6 Å². The summed E-state index contributed by atoms with van der Waals surface area (Å²) in [4.78, 5) is 13.8. The summed E-state index contributed by atoms with van der Waals surface area (Å²) in [7, 11) is 0. The summed E-state index contributed by atoms with van der Waals surface area (Å²) in [6, 6.07) is 18.9. The highest BCUT2D eigenvalue weighted by Crippen LogP contribution is 2.35. The zero-order valence-corrected chi connectivity index (χ0v) is 14.2. The van der Waals surface area contributed by atoms with Crippen LogP contribution in [0.5, 0.6) is 0 Å². The maximum absolute atomic E-state index is 11.4. The molecule has 0 spiro atoms. The Hall–Kier alpha value is -2.88. The van der Waals surface area contributed by atoms with Crippen LogP contribution in [0.25, 0.3) is 0 Å². The SMILES string of the molecule is CC(=O)c1cc(CCN2c3ccccc3CCc3ccccc32)on1. The molecule has 1 aliphatic rings. The third-order valence-electron chi connectivity index (χ3n) is 4.73. The van der Waals surface area contributed by atoms with Crippen LogP contribution >= 0.6 is 0 Å². The summed E-state index contributed by atoms with van der Waals surface area (Å²) in [5, 5.41) is 3.84. The third kappa shape index (κ3) is 3.07. The number of rotatable bonds is 4. The van der Waals surface area contributed by atoms with Crippen molar-refractivity contribution in [3.8, 4) is 0 Å². The first-order chi connectivity index (χ1) is 12.2. The number of ketones is 1.